The lowest BCUT2D eigenvalue weighted by atomic mass is 9.85. The van der Waals surface area contributed by atoms with Crippen LogP contribution >= 0.6 is 11.8 Å². The molecule has 86 valence electrons. The summed E-state index contributed by atoms with van der Waals surface area (Å²) < 4.78 is 0. The molecule has 3 nitrogen and oxygen atoms in total. The molecule has 1 aromatic rings. The molecule has 2 unspecified atom stereocenters. The maximum atomic E-state index is 11.3. The minimum Gasteiger partial charge on any atom is -0.508 e. The average molecular weight is 238 g/mol. The minimum absolute atomic E-state index is 0.0896. The van der Waals surface area contributed by atoms with E-state index in [-0.39, 0.29) is 11.7 Å². The first-order valence-corrected chi connectivity index (χ1v) is 6.44. The second-order valence-electron chi connectivity index (χ2n) is 4.00. The molecule has 0 amide bonds. The summed E-state index contributed by atoms with van der Waals surface area (Å²) in [5, 5.41) is 19.0. The monoisotopic (exact) mass is 238 g/mol. The van der Waals surface area contributed by atoms with Gasteiger partial charge in [0.15, 0.2) is 0 Å². The van der Waals surface area contributed by atoms with Crippen molar-refractivity contribution in [1.82, 2.24) is 0 Å². The molecule has 0 bridgehead atoms. The molecule has 1 aliphatic heterocycles. The van der Waals surface area contributed by atoms with Crippen LogP contribution in [0.3, 0.4) is 0 Å². The van der Waals surface area contributed by atoms with E-state index in [0.717, 1.165) is 17.9 Å². The number of carboxylic acid groups (broad SMARTS) is 1. The van der Waals surface area contributed by atoms with E-state index in [2.05, 4.69) is 0 Å². The number of para-hydroxylation sites is 1. The van der Waals surface area contributed by atoms with E-state index in [1.807, 2.05) is 0 Å². The topological polar surface area (TPSA) is 57.5 Å². The summed E-state index contributed by atoms with van der Waals surface area (Å²) in [6.07, 6.45) is 0.913. The number of carbonyl (C=O) groups is 1. The molecule has 0 radical (unpaired) electrons. The van der Waals surface area contributed by atoms with Crippen LogP contribution < -0.4 is 0 Å². The molecule has 1 aromatic carbocycles. The molecule has 1 aliphatic rings. The summed E-state index contributed by atoms with van der Waals surface area (Å²) in [4.78, 5) is 11.3. The van der Waals surface area contributed by atoms with Crippen molar-refractivity contribution in [2.45, 2.75) is 12.3 Å². The van der Waals surface area contributed by atoms with Crippen LogP contribution in [0, 0.1) is 5.92 Å². The Kier molecular flexibility index (Phi) is 3.39. The Morgan fingerprint density at radius 1 is 1.44 bits per heavy atom. The van der Waals surface area contributed by atoms with E-state index in [4.69, 9.17) is 0 Å². The maximum Gasteiger partial charge on any atom is 0.311 e. The van der Waals surface area contributed by atoms with Gasteiger partial charge < -0.3 is 10.2 Å². The number of aromatic hydroxyl groups is 1. The van der Waals surface area contributed by atoms with Crippen LogP contribution in [0.15, 0.2) is 24.3 Å². The molecule has 4 heteroatoms. The van der Waals surface area contributed by atoms with Gasteiger partial charge in [0.05, 0.1) is 5.92 Å². The van der Waals surface area contributed by atoms with Crippen molar-refractivity contribution in [2.24, 2.45) is 5.92 Å². The molecule has 1 fully saturated rings. The molecule has 2 atom stereocenters. The fourth-order valence-corrected chi connectivity index (χ4v) is 3.45. The standard InChI is InChI=1S/C12H14O3S/c13-10-4-2-1-3-9(10)11(12(14)15)8-5-6-16-7-8/h1-4,8,11,13H,5-7H2,(H,14,15). The van der Waals surface area contributed by atoms with E-state index in [0.29, 0.717) is 5.56 Å². The van der Waals surface area contributed by atoms with Gasteiger partial charge in [0.25, 0.3) is 0 Å². The molecule has 0 saturated carbocycles. The van der Waals surface area contributed by atoms with Crippen LogP contribution in [-0.4, -0.2) is 27.7 Å². The molecular formula is C12H14O3S. The highest BCUT2D eigenvalue weighted by Crippen LogP contribution is 2.38. The molecular weight excluding hydrogens is 224 g/mol. The molecule has 16 heavy (non-hydrogen) atoms. The maximum absolute atomic E-state index is 11.3. The zero-order valence-electron chi connectivity index (χ0n) is 8.80. The van der Waals surface area contributed by atoms with Crippen LogP contribution in [0.25, 0.3) is 0 Å². The van der Waals surface area contributed by atoms with E-state index in [1.165, 1.54) is 0 Å². The zero-order valence-corrected chi connectivity index (χ0v) is 9.61. The number of benzene rings is 1. The van der Waals surface area contributed by atoms with Crippen LogP contribution in [-0.2, 0) is 4.79 Å². The van der Waals surface area contributed by atoms with Crippen LogP contribution in [0.4, 0.5) is 0 Å². The van der Waals surface area contributed by atoms with Crippen molar-refractivity contribution in [3.05, 3.63) is 29.8 Å². The van der Waals surface area contributed by atoms with Gasteiger partial charge in [-0.1, -0.05) is 18.2 Å². The molecule has 0 aliphatic carbocycles. The van der Waals surface area contributed by atoms with Crippen LogP contribution in [0.5, 0.6) is 5.75 Å². The number of hydrogen-bond acceptors (Lipinski definition) is 3. The van der Waals surface area contributed by atoms with E-state index in [9.17, 15) is 15.0 Å². The number of aliphatic carboxylic acids is 1. The lowest BCUT2D eigenvalue weighted by Gasteiger charge is -2.19. The summed E-state index contributed by atoms with van der Waals surface area (Å²) in [5.74, 6) is 0.695. The van der Waals surface area contributed by atoms with Gasteiger partial charge in [0, 0.05) is 5.56 Å². The van der Waals surface area contributed by atoms with Crippen molar-refractivity contribution in [1.29, 1.82) is 0 Å². The third kappa shape index (κ3) is 2.16. The number of carboxylic acids is 1. The number of hydrogen-bond donors (Lipinski definition) is 2. The Balaban J connectivity index is 2.32. The SMILES string of the molecule is O=C(O)C(c1ccccc1O)C1CCSC1. The quantitative estimate of drug-likeness (QED) is 0.848. The number of phenolic OH excluding ortho intramolecular Hbond substituents is 1. The lowest BCUT2D eigenvalue weighted by Crippen LogP contribution is -2.21. The first-order valence-electron chi connectivity index (χ1n) is 5.28. The van der Waals surface area contributed by atoms with Gasteiger partial charge in [0.1, 0.15) is 5.75 Å². The van der Waals surface area contributed by atoms with Crippen LogP contribution in [0.2, 0.25) is 0 Å². The molecule has 0 spiro atoms. The van der Waals surface area contributed by atoms with Crippen molar-refractivity contribution in [3.8, 4) is 5.75 Å². The average Bonchev–Trinajstić information content (AvgIpc) is 2.74. The lowest BCUT2D eigenvalue weighted by molar-refractivity contribution is -0.140. The van der Waals surface area contributed by atoms with Gasteiger partial charge in [0.2, 0.25) is 0 Å². The Bertz CT molecular complexity index is 386. The number of thioether (sulfide) groups is 1. The third-order valence-corrected chi connectivity index (χ3v) is 4.16. The smallest absolute Gasteiger partial charge is 0.311 e. The predicted octanol–water partition coefficient (Wildman–Crippen LogP) is 2.31. The summed E-state index contributed by atoms with van der Waals surface area (Å²) in [5.41, 5.74) is 0.544. The van der Waals surface area contributed by atoms with Gasteiger partial charge >= 0.3 is 5.97 Å². The summed E-state index contributed by atoms with van der Waals surface area (Å²) in [7, 11) is 0. The zero-order chi connectivity index (χ0) is 11.5. The van der Waals surface area contributed by atoms with Gasteiger partial charge in [-0.25, -0.2) is 0 Å². The second kappa shape index (κ2) is 4.78. The highest BCUT2D eigenvalue weighted by molar-refractivity contribution is 7.99. The Labute approximate surface area is 98.5 Å². The first-order chi connectivity index (χ1) is 7.70. The fourth-order valence-electron chi connectivity index (χ4n) is 2.15. The van der Waals surface area contributed by atoms with E-state index >= 15 is 0 Å². The first kappa shape index (κ1) is 11.3. The third-order valence-electron chi connectivity index (χ3n) is 2.97. The van der Waals surface area contributed by atoms with Gasteiger partial charge in [-0.2, -0.15) is 11.8 Å². The van der Waals surface area contributed by atoms with Gasteiger partial charge in [-0.05, 0) is 29.9 Å². The summed E-state index contributed by atoms with van der Waals surface area (Å²) >= 11 is 1.78. The predicted molar refractivity (Wildman–Crippen MR) is 63.9 cm³/mol. The van der Waals surface area contributed by atoms with Gasteiger partial charge in [-0.15, -0.1) is 0 Å². The molecule has 2 N–H and O–H groups in total. The molecule has 0 aromatic heterocycles. The molecule has 2 rings (SSSR count). The summed E-state index contributed by atoms with van der Waals surface area (Å²) in [6, 6.07) is 6.73. The Morgan fingerprint density at radius 3 is 2.75 bits per heavy atom. The Hall–Kier alpha value is -1.16. The number of rotatable bonds is 3. The Morgan fingerprint density at radius 2 is 2.19 bits per heavy atom. The van der Waals surface area contributed by atoms with E-state index in [1.54, 1.807) is 36.0 Å². The second-order valence-corrected chi connectivity index (χ2v) is 5.15. The highest BCUT2D eigenvalue weighted by atomic mass is 32.2. The number of phenols is 1. The van der Waals surface area contributed by atoms with E-state index < -0.39 is 11.9 Å². The molecule has 1 heterocycles. The van der Waals surface area contributed by atoms with Crippen molar-refractivity contribution in [3.63, 3.8) is 0 Å². The summed E-state index contributed by atoms with van der Waals surface area (Å²) in [6.45, 7) is 0. The minimum atomic E-state index is -0.839. The van der Waals surface area contributed by atoms with Crippen LogP contribution in [0.1, 0.15) is 17.9 Å². The highest BCUT2D eigenvalue weighted by Gasteiger charge is 2.33. The largest absolute Gasteiger partial charge is 0.508 e. The van der Waals surface area contributed by atoms with Crippen molar-refractivity contribution < 1.29 is 15.0 Å². The molecule has 1 saturated heterocycles. The van der Waals surface area contributed by atoms with Crippen molar-refractivity contribution in [2.75, 3.05) is 11.5 Å². The fraction of sp³-hybridized carbons (Fsp3) is 0.417. The van der Waals surface area contributed by atoms with Gasteiger partial charge in [-0.3, -0.25) is 4.79 Å². The normalized spacial score (nSPS) is 21.9. The van der Waals surface area contributed by atoms with Crippen molar-refractivity contribution >= 4 is 17.7 Å².